The van der Waals surface area contributed by atoms with E-state index in [-0.39, 0.29) is 17.2 Å². The number of rotatable bonds is 9. The number of para-hydroxylation sites is 1. The third-order valence-electron chi connectivity index (χ3n) is 7.17. The van der Waals surface area contributed by atoms with Gasteiger partial charge in [-0.15, -0.1) is 0 Å². The van der Waals surface area contributed by atoms with Crippen LogP contribution in [0.2, 0.25) is 0 Å². The Morgan fingerprint density at radius 2 is 1.79 bits per heavy atom. The highest BCUT2D eigenvalue weighted by atomic mass is 32.1. The van der Waals surface area contributed by atoms with Crippen LogP contribution in [-0.2, 0) is 4.79 Å². The molecule has 0 saturated carbocycles. The zero-order valence-corrected chi connectivity index (χ0v) is 24.2. The lowest BCUT2D eigenvalue weighted by Crippen LogP contribution is -2.43. The molecule has 0 spiro atoms. The number of nitrogens with zero attached hydrogens (tertiary/aromatic N) is 4. The first kappa shape index (κ1) is 28.2. The fourth-order valence-corrected chi connectivity index (χ4v) is 6.08. The van der Waals surface area contributed by atoms with Gasteiger partial charge in [-0.05, 0) is 58.9 Å². The summed E-state index contributed by atoms with van der Waals surface area (Å²) in [5, 5.41) is 10.8. The number of anilines is 1. The van der Waals surface area contributed by atoms with Crippen molar-refractivity contribution in [3.8, 4) is 11.5 Å². The fourth-order valence-electron chi connectivity index (χ4n) is 5.04. The van der Waals surface area contributed by atoms with Crippen LogP contribution < -0.4 is 24.5 Å². The molecule has 2 heterocycles. The number of hydrogen-bond donors (Lipinski definition) is 1. The lowest BCUT2D eigenvalue weighted by Gasteiger charge is -2.29. The maximum absolute atomic E-state index is 14.0. The minimum atomic E-state index is -0.703. The van der Waals surface area contributed by atoms with Crippen LogP contribution in [0.3, 0.4) is 0 Å². The smallest absolute Gasteiger partial charge is 0.271 e. The number of ether oxygens (including phenoxy) is 1. The highest BCUT2D eigenvalue weighted by Gasteiger charge is 2.35. The monoisotopic (exact) mass is 548 g/mol. The molecule has 0 bridgehead atoms. The van der Waals surface area contributed by atoms with Gasteiger partial charge in [-0.3, -0.25) is 14.2 Å². The molecule has 8 nitrogen and oxygen atoms in total. The van der Waals surface area contributed by atoms with Gasteiger partial charge >= 0.3 is 0 Å². The van der Waals surface area contributed by atoms with Crippen LogP contribution in [0.25, 0.3) is 6.08 Å². The van der Waals surface area contributed by atoms with Crippen LogP contribution in [0, 0.1) is 0 Å². The Morgan fingerprint density at radius 3 is 2.41 bits per heavy atom. The van der Waals surface area contributed by atoms with Crippen LogP contribution in [-0.4, -0.2) is 53.8 Å². The van der Waals surface area contributed by atoms with E-state index < -0.39 is 6.04 Å². The highest BCUT2D eigenvalue weighted by molar-refractivity contribution is 7.07. The van der Waals surface area contributed by atoms with Crippen LogP contribution in [0.1, 0.15) is 51.8 Å². The van der Waals surface area contributed by atoms with Gasteiger partial charge in [0.15, 0.2) is 4.80 Å². The maximum Gasteiger partial charge on any atom is 0.271 e. The van der Waals surface area contributed by atoms with E-state index in [2.05, 4.69) is 18.7 Å². The largest absolute Gasteiger partial charge is 0.507 e. The lowest BCUT2D eigenvalue weighted by molar-refractivity contribution is -0.127. The van der Waals surface area contributed by atoms with E-state index in [9.17, 15) is 14.7 Å². The Kier molecular flexibility index (Phi) is 8.60. The Balaban J connectivity index is 1.93. The van der Waals surface area contributed by atoms with E-state index in [1.807, 2.05) is 57.2 Å². The van der Waals surface area contributed by atoms with Crippen LogP contribution >= 0.6 is 11.3 Å². The van der Waals surface area contributed by atoms with Crippen LogP contribution in [0.5, 0.6) is 11.5 Å². The lowest BCUT2D eigenvalue weighted by atomic mass is 9.94. The number of hydrogen-bond acceptors (Lipinski definition) is 7. The number of amides is 1. The molecule has 0 fully saturated rings. The average Bonchev–Trinajstić information content (AvgIpc) is 3.24. The molecule has 0 unspecified atom stereocenters. The minimum Gasteiger partial charge on any atom is -0.507 e. The quantitative estimate of drug-likeness (QED) is 0.441. The fraction of sp³-hybridized carbons (Fsp3) is 0.367. The Labute approximate surface area is 232 Å². The van der Waals surface area contributed by atoms with Gasteiger partial charge in [-0.1, -0.05) is 29.5 Å². The first-order chi connectivity index (χ1) is 18.8. The molecule has 0 aliphatic carbocycles. The SMILES string of the molecule is CCN(CC)C(=O)C1=C(C)N=c2s/c(=C/c3ccc(N(CC)CC)cc3O)c(=O)n2[C@H]1c1ccccc1OC. The van der Waals surface area contributed by atoms with E-state index in [0.717, 1.165) is 18.8 Å². The summed E-state index contributed by atoms with van der Waals surface area (Å²) in [6.07, 6.45) is 1.69. The van der Waals surface area contributed by atoms with E-state index >= 15 is 0 Å². The normalized spacial score (nSPS) is 15.1. The number of thiazole rings is 1. The number of methoxy groups -OCH3 is 1. The van der Waals surface area contributed by atoms with Crippen molar-refractivity contribution in [1.82, 2.24) is 9.47 Å². The molecular formula is C30H36N4O4S. The molecule has 2 aromatic carbocycles. The molecule has 0 radical (unpaired) electrons. The molecular weight excluding hydrogens is 512 g/mol. The van der Waals surface area contributed by atoms with Gasteiger partial charge in [0.25, 0.3) is 11.5 Å². The van der Waals surface area contributed by atoms with Gasteiger partial charge in [0.1, 0.15) is 17.5 Å². The standard InChI is InChI=1S/C30H36N4O4S/c1-7-32(8-2)21-16-15-20(23(35)18-21)17-25-28(36)34-27(22-13-11-12-14-24(22)38-6)26(19(5)31-30(34)39-25)29(37)33(9-3)10-4/h11-18,27,35H,7-10H2,1-6H3/b25-17+/t27-/m0/s1. The third-order valence-corrected chi connectivity index (χ3v) is 8.15. The van der Waals surface area contributed by atoms with Crippen molar-refractivity contribution in [3.05, 3.63) is 84.5 Å². The molecule has 1 aromatic heterocycles. The van der Waals surface area contributed by atoms with Crippen molar-refractivity contribution in [3.63, 3.8) is 0 Å². The number of fused-ring (bicyclic) bond motifs is 1. The number of aromatic hydroxyl groups is 1. The Bertz CT molecular complexity index is 1580. The molecule has 4 rings (SSSR count). The second-order valence-corrected chi connectivity index (χ2v) is 10.2. The number of likely N-dealkylation sites (N-methyl/N-ethyl adjacent to an activating group) is 1. The summed E-state index contributed by atoms with van der Waals surface area (Å²) < 4.78 is 7.67. The summed E-state index contributed by atoms with van der Waals surface area (Å²) in [7, 11) is 1.58. The molecule has 39 heavy (non-hydrogen) atoms. The molecule has 1 aliphatic rings. The zero-order valence-electron chi connectivity index (χ0n) is 23.4. The average molecular weight is 549 g/mol. The summed E-state index contributed by atoms with van der Waals surface area (Å²) >= 11 is 1.24. The predicted molar refractivity (Wildman–Crippen MR) is 156 cm³/mol. The van der Waals surface area contributed by atoms with Crippen LogP contribution in [0.4, 0.5) is 5.69 Å². The number of phenolic OH excluding ortho intramolecular Hbond substituents is 1. The van der Waals surface area contributed by atoms with Gasteiger partial charge in [0.05, 0.1) is 22.9 Å². The minimum absolute atomic E-state index is 0.0973. The topological polar surface area (TPSA) is 87.4 Å². The van der Waals surface area contributed by atoms with Gasteiger partial charge < -0.3 is 19.6 Å². The zero-order chi connectivity index (χ0) is 28.3. The summed E-state index contributed by atoms with van der Waals surface area (Å²) in [5.41, 5.74) is 2.92. The second-order valence-electron chi connectivity index (χ2n) is 9.22. The molecule has 1 aliphatic heterocycles. The van der Waals surface area contributed by atoms with Crippen molar-refractivity contribution in [2.45, 2.75) is 40.7 Å². The summed E-state index contributed by atoms with van der Waals surface area (Å²) in [6.45, 7) is 12.5. The van der Waals surface area contributed by atoms with E-state index in [0.29, 0.717) is 50.6 Å². The number of phenols is 1. The van der Waals surface area contributed by atoms with E-state index in [1.165, 1.54) is 11.3 Å². The maximum atomic E-state index is 14.0. The third kappa shape index (κ3) is 5.23. The van der Waals surface area contributed by atoms with E-state index in [4.69, 9.17) is 9.73 Å². The predicted octanol–water partition coefficient (Wildman–Crippen LogP) is 3.66. The van der Waals surface area contributed by atoms with Gasteiger partial charge in [-0.25, -0.2) is 4.99 Å². The molecule has 1 amide bonds. The molecule has 0 saturated heterocycles. The van der Waals surface area contributed by atoms with E-state index in [1.54, 1.807) is 28.7 Å². The van der Waals surface area contributed by atoms with Gasteiger partial charge in [0.2, 0.25) is 0 Å². The van der Waals surface area contributed by atoms with Crippen molar-refractivity contribution in [2.75, 3.05) is 38.2 Å². The Hall–Kier alpha value is -3.85. The number of allylic oxidation sites excluding steroid dienone is 1. The Morgan fingerprint density at radius 1 is 1.10 bits per heavy atom. The number of benzene rings is 2. The summed E-state index contributed by atoms with van der Waals surface area (Å²) in [6, 6.07) is 12.2. The van der Waals surface area contributed by atoms with Crippen molar-refractivity contribution < 1.29 is 14.6 Å². The molecule has 1 atom stereocenters. The van der Waals surface area contributed by atoms with Crippen molar-refractivity contribution in [1.29, 1.82) is 0 Å². The number of aromatic nitrogens is 1. The molecule has 206 valence electrons. The van der Waals surface area contributed by atoms with Gasteiger partial charge in [0, 0.05) is 49.1 Å². The number of carbonyl (C=O) groups excluding carboxylic acids is 1. The van der Waals surface area contributed by atoms with Crippen molar-refractivity contribution >= 4 is 29.0 Å². The first-order valence-electron chi connectivity index (χ1n) is 13.3. The summed E-state index contributed by atoms with van der Waals surface area (Å²) in [5.74, 6) is 0.525. The second kappa shape index (κ2) is 11.9. The molecule has 1 N–H and O–H groups in total. The van der Waals surface area contributed by atoms with Crippen LogP contribution in [0.15, 0.2) is 63.5 Å². The number of carbonyl (C=O) groups is 1. The first-order valence-corrected chi connectivity index (χ1v) is 14.1. The molecule has 9 heteroatoms. The summed E-state index contributed by atoms with van der Waals surface area (Å²) in [4.78, 5) is 36.8. The highest BCUT2D eigenvalue weighted by Crippen LogP contribution is 2.36. The van der Waals surface area contributed by atoms with Crippen molar-refractivity contribution in [2.24, 2.45) is 4.99 Å². The van der Waals surface area contributed by atoms with Gasteiger partial charge in [-0.2, -0.15) is 0 Å². The molecule has 3 aromatic rings.